The molecular weight excluding hydrogens is 364 g/mol. The highest BCUT2D eigenvalue weighted by molar-refractivity contribution is 7.92. The maximum Gasteiger partial charge on any atom is 0.264 e. The third-order valence-electron chi connectivity index (χ3n) is 5.57. The second-order valence-corrected chi connectivity index (χ2v) is 8.77. The first kappa shape index (κ1) is 18.0. The molecule has 0 bridgehead atoms. The van der Waals surface area contributed by atoms with Crippen molar-refractivity contribution in [3.63, 3.8) is 0 Å². The van der Waals surface area contributed by atoms with Gasteiger partial charge in [-0.3, -0.25) is 9.10 Å². The number of anilines is 1. The van der Waals surface area contributed by atoms with E-state index in [2.05, 4.69) is 0 Å². The van der Waals surface area contributed by atoms with Crippen molar-refractivity contribution in [1.82, 2.24) is 4.90 Å². The summed E-state index contributed by atoms with van der Waals surface area (Å²) in [5, 5.41) is 9.84. The number of carbonyl (C=O) groups is 1. The molecule has 2 heterocycles. The number of rotatable bonds is 4. The zero-order valence-corrected chi connectivity index (χ0v) is 15.8. The number of benzene rings is 2. The number of likely N-dealkylation sites (tertiary alicyclic amines) is 1. The zero-order valence-electron chi connectivity index (χ0n) is 15.0. The first-order chi connectivity index (χ1) is 13.0. The molecule has 6 nitrogen and oxygen atoms in total. The molecule has 0 spiro atoms. The molecule has 0 unspecified atom stereocenters. The molecule has 1 fully saturated rings. The van der Waals surface area contributed by atoms with Crippen LogP contribution in [0.1, 0.15) is 24.8 Å². The molecule has 2 aliphatic rings. The Kier molecular flexibility index (Phi) is 4.44. The van der Waals surface area contributed by atoms with Gasteiger partial charge in [-0.05, 0) is 23.8 Å². The Morgan fingerprint density at radius 3 is 2.44 bits per heavy atom. The second-order valence-electron chi connectivity index (χ2n) is 6.91. The van der Waals surface area contributed by atoms with E-state index in [0.717, 1.165) is 5.56 Å². The van der Waals surface area contributed by atoms with Gasteiger partial charge in [0.05, 0.1) is 35.8 Å². The number of aliphatic hydroxyl groups excluding tert-OH is 1. The van der Waals surface area contributed by atoms with Gasteiger partial charge in [0.1, 0.15) is 0 Å². The number of hydrogen-bond acceptors (Lipinski definition) is 4. The van der Waals surface area contributed by atoms with E-state index >= 15 is 0 Å². The van der Waals surface area contributed by atoms with Gasteiger partial charge < -0.3 is 10.0 Å². The zero-order chi connectivity index (χ0) is 19.2. The summed E-state index contributed by atoms with van der Waals surface area (Å²) >= 11 is 0. The van der Waals surface area contributed by atoms with Crippen molar-refractivity contribution in [3.8, 4) is 0 Å². The van der Waals surface area contributed by atoms with Crippen molar-refractivity contribution in [3.05, 3.63) is 60.2 Å². The number of sulfonamides is 1. The van der Waals surface area contributed by atoms with Crippen molar-refractivity contribution in [2.24, 2.45) is 0 Å². The first-order valence-electron chi connectivity index (χ1n) is 9.09. The summed E-state index contributed by atoms with van der Waals surface area (Å²) in [5.74, 6) is -0.115. The highest BCUT2D eigenvalue weighted by Crippen LogP contribution is 2.49. The number of aliphatic hydroxyl groups is 1. The largest absolute Gasteiger partial charge is 0.394 e. The van der Waals surface area contributed by atoms with Crippen molar-refractivity contribution < 1.29 is 18.3 Å². The fraction of sp³-hybridized carbons (Fsp3) is 0.350. The van der Waals surface area contributed by atoms with Crippen LogP contribution in [0.4, 0.5) is 5.69 Å². The minimum Gasteiger partial charge on any atom is -0.394 e. The molecule has 2 aromatic rings. The maximum absolute atomic E-state index is 13.3. The Balaban J connectivity index is 1.81. The topological polar surface area (TPSA) is 77.9 Å². The van der Waals surface area contributed by atoms with Crippen LogP contribution in [0.25, 0.3) is 0 Å². The fourth-order valence-corrected chi connectivity index (χ4v) is 5.86. The molecular formula is C20H22N2O4S. The van der Waals surface area contributed by atoms with Crippen LogP contribution >= 0.6 is 0 Å². The average molecular weight is 386 g/mol. The van der Waals surface area contributed by atoms with Crippen molar-refractivity contribution in [2.75, 3.05) is 17.5 Å². The molecule has 0 radical (unpaired) electrons. The van der Waals surface area contributed by atoms with Crippen molar-refractivity contribution in [2.45, 2.75) is 36.2 Å². The van der Waals surface area contributed by atoms with E-state index in [1.807, 2.05) is 18.2 Å². The molecule has 1 amide bonds. The molecule has 1 N–H and O–H groups in total. The molecule has 3 atom stereocenters. The lowest BCUT2D eigenvalue weighted by Gasteiger charge is -2.58. The summed E-state index contributed by atoms with van der Waals surface area (Å²) in [4.78, 5) is 14.3. The second kappa shape index (κ2) is 6.65. The molecule has 7 heteroatoms. The van der Waals surface area contributed by atoms with E-state index < -0.39 is 10.0 Å². The SMILES string of the molecule is CCC(=O)N1[C@H](CO)[C@H]2c3ccccc3N(S(=O)(=O)c3ccccc3)C[C@H]21. The van der Waals surface area contributed by atoms with Gasteiger partial charge in [-0.1, -0.05) is 43.3 Å². The van der Waals surface area contributed by atoms with E-state index in [1.165, 1.54) is 4.31 Å². The van der Waals surface area contributed by atoms with Gasteiger partial charge in [0.2, 0.25) is 5.91 Å². The number of para-hydroxylation sites is 1. The third-order valence-corrected chi connectivity index (χ3v) is 7.36. The highest BCUT2D eigenvalue weighted by atomic mass is 32.2. The molecule has 2 aliphatic heterocycles. The Morgan fingerprint density at radius 2 is 1.78 bits per heavy atom. The molecule has 0 aromatic heterocycles. The number of fused-ring (bicyclic) bond motifs is 3. The van der Waals surface area contributed by atoms with Gasteiger partial charge in [0.25, 0.3) is 10.0 Å². The normalized spacial score (nSPS) is 24.0. The van der Waals surface area contributed by atoms with Crippen LogP contribution in [0, 0.1) is 0 Å². The van der Waals surface area contributed by atoms with Crippen molar-refractivity contribution in [1.29, 1.82) is 0 Å². The van der Waals surface area contributed by atoms with Crippen LogP contribution in [-0.4, -0.2) is 49.6 Å². The highest BCUT2D eigenvalue weighted by Gasteiger charge is 2.55. The summed E-state index contributed by atoms with van der Waals surface area (Å²) in [7, 11) is -3.75. The number of hydrogen-bond donors (Lipinski definition) is 1. The van der Waals surface area contributed by atoms with E-state index in [0.29, 0.717) is 12.1 Å². The Bertz CT molecular complexity index is 961. The monoisotopic (exact) mass is 386 g/mol. The van der Waals surface area contributed by atoms with Gasteiger partial charge in [0.15, 0.2) is 0 Å². The first-order valence-corrected chi connectivity index (χ1v) is 10.5. The van der Waals surface area contributed by atoms with Crippen LogP contribution in [0.15, 0.2) is 59.5 Å². The standard InChI is InChI=1S/C20H22N2O4S/c1-2-19(24)22-17-12-21(27(25,26)14-8-4-3-5-9-14)16-11-7-6-10-15(16)20(17)18(22)13-23/h3-11,17-18,20,23H,2,12-13H2,1H3/t17-,18-,20+/m1/s1. The van der Waals surface area contributed by atoms with Crippen molar-refractivity contribution >= 4 is 21.6 Å². The molecule has 27 heavy (non-hydrogen) atoms. The number of amides is 1. The molecule has 142 valence electrons. The third kappa shape index (κ3) is 2.64. The molecule has 0 saturated carbocycles. The Morgan fingerprint density at radius 1 is 1.11 bits per heavy atom. The van der Waals surface area contributed by atoms with Gasteiger partial charge in [-0.15, -0.1) is 0 Å². The lowest BCUT2D eigenvalue weighted by atomic mass is 9.72. The minimum atomic E-state index is -3.75. The Labute approximate surface area is 159 Å². The number of carbonyl (C=O) groups excluding carboxylic acids is 1. The van der Waals surface area contributed by atoms with Crippen LogP contribution < -0.4 is 4.31 Å². The van der Waals surface area contributed by atoms with Crippen LogP contribution in [0.2, 0.25) is 0 Å². The van der Waals surface area contributed by atoms with Gasteiger partial charge in [0, 0.05) is 12.3 Å². The summed E-state index contributed by atoms with van der Waals surface area (Å²) in [6.07, 6.45) is 0.326. The molecule has 1 saturated heterocycles. The molecule has 0 aliphatic carbocycles. The van der Waals surface area contributed by atoms with Gasteiger partial charge in [-0.2, -0.15) is 0 Å². The quantitative estimate of drug-likeness (QED) is 0.871. The fourth-order valence-electron chi connectivity index (χ4n) is 4.33. The van der Waals surface area contributed by atoms with E-state index in [1.54, 1.807) is 48.2 Å². The maximum atomic E-state index is 13.3. The molecule has 4 rings (SSSR count). The smallest absolute Gasteiger partial charge is 0.264 e. The van der Waals surface area contributed by atoms with E-state index in [-0.39, 0.29) is 42.0 Å². The predicted octanol–water partition coefficient (Wildman–Crippen LogP) is 1.96. The summed E-state index contributed by atoms with van der Waals surface area (Å²) < 4.78 is 28.0. The molecule has 2 aromatic carbocycles. The minimum absolute atomic E-state index is 0.0519. The van der Waals surface area contributed by atoms with Crippen LogP contribution in [0.5, 0.6) is 0 Å². The predicted molar refractivity (Wildman–Crippen MR) is 102 cm³/mol. The lowest BCUT2D eigenvalue weighted by Crippen LogP contribution is -2.70. The summed E-state index contributed by atoms with van der Waals surface area (Å²) in [6.45, 7) is 1.84. The Hall–Kier alpha value is -2.38. The van der Waals surface area contributed by atoms with Gasteiger partial charge in [-0.25, -0.2) is 8.42 Å². The lowest BCUT2D eigenvalue weighted by molar-refractivity contribution is -0.149. The summed E-state index contributed by atoms with van der Waals surface area (Å²) in [5.41, 5.74) is 1.50. The van der Waals surface area contributed by atoms with Crippen LogP contribution in [-0.2, 0) is 14.8 Å². The van der Waals surface area contributed by atoms with E-state index in [4.69, 9.17) is 0 Å². The average Bonchev–Trinajstić information content (AvgIpc) is 2.68. The van der Waals surface area contributed by atoms with E-state index in [9.17, 15) is 18.3 Å². The number of nitrogens with zero attached hydrogens (tertiary/aromatic N) is 2. The van der Waals surface area contributed by atoms with Gasteiger partial charge >= 0.3 is 0 Å². The van der Waals surface area contributed by atoms with Crippen LogP contribution in [0.3, 0.4) is 0 Å². The summed E-state index contributed by atoms with van der Waals surface area (Å²) in [6, 6.07) is 15.1.